The Labute approximate surface area is 109 Å². The molecule has 2 N–H and O–H groups in total. The summed E-state index contributed by atoms with van der Waals surface area (Å²) in [6, 6.07) is 0.321. The Morgan fingerprint density at radius 1 is 1.39 bits per heavy atom. The van der Waals surface area contributed by atoms with Gasteiger partial charge in [-0.05, 0) is 19.8 Å². The Morgan fingerprint density at radius 3 is 2.56 bits per heavy atom. The van der Waals surface area contributed by atoms with Crippen molar-refractivity contribution in [1.29, 1.82) is 0 Å². The maximum absolute atomic E-state index is 12.3. The van der Waals surface area contributed by atoms with Crippen LogP contribution in [0.25, 0.3) is 0 Å². The summed E-state index contributed by atoms with van der Waals surface area (Å²) in [7, 11) is 0. The molecule has 18 heavy (non-hydrogen) atoms. The fourth-order valence-corrected chi connectivity index (χ4v) is 2.21. The summed E-state index contributed by atoms with van der Waals surface area (Å²) < 4.78 is 1.67. The van der Waals surface area contributed by atoms with Gasteiger partial charge < -0.3 is 15.2 Å². The van der Waals surface area contributed by atoms with Gasteiger partial charge >= 0.3 is 0 Å². The van der Waals surface area contributed by atoms with Crippen LogP contribution in [-0.4, -0.2) is 28.7 Å². The second-order valence-corrected chi connectivity index (χ2v) is 4.29. The van der Waals surface area contributed by atoms with Crippen LogP contribution in [0.3, 0.4) is 0 Å². The summed E-state index contributed by atoms with van der Waals surface area (Å²) in [6.45, 7) is 8.06. The summed E-state index contributed by atoms with van der Waals surface area (Å²) in [6.07, 6.45) is 5.38. The monoisotopic (exact) mass is 252 g/mol. The first-order valence-corrected chi connectivity index (χ1v) is 6.71. The third-order valence-electron chi connectivity index (χ3n) is 3.26. The zero-order valence-corrected chi connectivity index (χ0v) is 11.6. The summed E-state index contributed by atoms with van der Waals surface area (Å²) in [5, 5.41) is 0. The Hall–Kier alpha value is -1.36. The van der Waals surface area contributed by atoms with Crippen molar-refractivity contribution in [1.82, 2.24) is 9.55 Å². The third-order valence-corrected chi connectivity index (χ3v) is 3.26. The molecule has 1 aromatic heterocycles. The van der Waals surface area contributed by atoms with Crippen LogP contribution in [0.15, 0.2) is 17.2 Å². The lowest BCUT2D eigenvalue weighted by Gasteiger charge is -2.30. The highest BCUT2D eigenvalue weighted by Crippen LogP contribution is 2.13. The molecule has 0 unspecified atom stereocenters. The Morgan fingerprint density at radius 2 is 2.06 bits per heavy atom. The molecular weight excluding hydrogens is 228 g/mol. The first kappa shape index (κ1) is 14.7. The van der Waals surface area contributed by atoms with Crippen LogP contribution in [0.2, 0.25) is 0 Å². The molecule has 0 aromatic carbocycles. The lowest BCUT2D eigenvalue weighted by atomic mass is 10.1. The van der Waals surface area contributed by atoms with Crippen molar-refractivity contribution in [3.63, 3.8) is 0 Å². The number of rotatable bonds is 7. The zero-order chi connectivity index (χ0) is 13.5. The molecule has 0 saturated heterocycles. The van der Waals surface area contributed by atoms with Crippen LogP contribution in [0.5, 0.6) is 0 Å². The van der Waals surface area contributed by atoms with Crippen molar-refractivity contribution in [2.75, 3.05) is 18.0 Å². The standard InChI is InChI=1S/C13H24N4O/c1-4-11(5-2)17(9-7-14)12-13(18)16(6-3)10-8-15-12/h8,10-11H,4-7,9,14H2,1-3H3. The van der Waals surface area contributed by atoms with E-state index in [1.54, 1.807) is 17.0 Å². The molecule has 0 radical (unpaired) electrons. The second kappa shape index (κ2) is 7.16. The molecule has 0 aliphatic heterocycles. The SMILES string of the molecule is CCC(CC)N(CCN)c1nccn(CC)c1=O. The average molecular weight is 252 g/mol. The molecule has 0 bridgehead atoms. The summed E-state index contributed by atoms with van der Waals surface area (Å²) >= 11 is 0. The number of nitrogens with two attached hydrogens (primary N) is 1. The minimum absolute atomic E-state index is 0.0275. The Bertz CT molecular complexity index is 412. The van der Waals surface area contributed by atoms with Crippen LogP contribution in [0, 0.1) is 0 Å². The van der Waals surface area contributed by atoms with Crippen LogP contribution >= 0.6 is 0 Å². The molecule has 5 nitrogen and oxygen atoms in total. The number of anilines is 1. The smallest absolute Gasteiger partial charge is 0.293 e. The molecule has 0 saturated carbocycles. The highest BCUT2D eigenvalue weighted by Gasteiger charge is 2.19. The van der Waals surface area contributed by atoms with E-state index in [1.807, 2.05) is 6.92 Å². The van der Waals surface area contributed by atoms with Gasteiger partial charge in [0.05, 0.1) is 0 Å². The summed E-state index contributed by atoms with van der Waals surface area (Å²) in [5.74, 6) is 0.526. The molecule has 102 valence electrons. The van der Waals surface area contributed by atoms with E-state index in [1.165, 1.54) is 0 Å². The molecule has 0 spiro atoms. The van der Waals surface area contributed by atoms with Gasteiger partial charge in [0.15, 0.2) is 5.82 Å². The topological polar surface area (TPSA) is 64.2 Å². The van der Waals surface area contributed by atoms with Crippen molar-refractivity contribution in [2.45, 2.75) is 46.2 Å². The Balaban J connectivity index is 3.16. The van der Waals surface area contributed by atoms with E-state index in [4.69, 9.17) is 5.73 Å². The van der Waals surface area contributed by atoms with E-state index >= 15 is 0 Å². The lowest BCUT2D eigenvalue weighted by Crippen LogP contribution is -2.43. The van der Waals surface area contributed by atoms with E-state index in [-0.39, 0.29) is 5.56 Å². The zero-order valence-electron chi connectivity index (χ0n) is 11.6. The predicted molar refractivity (Wildman–Crippen MR) is 74.9 cm³/mol. The predicted octanol–water partition coefficient (Wildman–Crippen LogP) is 1.22. The number of hydrogen-bond donors (Lipinski definition) is 1. The molecule has 0 amide bonds. The Kier molecular flexibility index (Phi) is 5.85. The molecule has 1 rings (SSSR count). The molecule has 0 aliphatic carbocycles. The number of aromatic nitrogens is 2. The van der Waals surface area contributed by atoms with Gasteiger partial charge in [0, 0.05) is 38.1 Å². The highest BCUT2D eigenvalue weighted by atomic mass is 16.1. The van der Waals surface area contributed by atoms with E-state index in [0.717, 1.165) is 12.8 Å². The van der Waals surface area contributed by atoms with Gasteiger partial charge in [0.1, 0.15) is 0 Å². The maximum atomic E-state index is 12.3. The number of aryl methyl sites for hydroxylation is 1. The van der Waals surface area contributed by atoms with Crippen LogP contribution in [0.4, 0.5) is 5.82 Å². The van der Waals surface area contributed by atoms with Gasteiger partial charge in [-0.15, -0.1) is 0 Å². The minimum atomic E-state index is -0.0275. The number of hydrogen-bond acceptors (Lipinski definition) is 4. The van der Waals surface area contributed by atoms with Gasteiger partial charge in [-0.1, -0.05) is 13.8 Å². The van der Waals surface area contributed by atoms with E-state index < -0.39 is 0 Å². The summed E-state index contributed by atoms with van der Waals surface area (Å²) in [4.78, 5) is 18.6. The highest BCUT2D eigenvalue weighted by molar-refractivity contribution is 5.37. The number of nitrogens with zero attached hydrogens (tertiary/aromatic N) is 3. The fraction of sp³-hybridized carbons (Fsp3) is 0.692. The van der Waals surface area contributed by atoms with Crippen LogP contribution in [0.1, 0.15) is 33.6 Å². The average Bonchev–Trinajstić information content (AvgIpc) is 2.39. The molecule has 1 heterocycles. The van der Waals surface area contributed by atoms with Gasteiger partial charge in [0.2, 0.25) is 0 Å². The normalized spacial score (nSPS) is 10.9. The minimum Gasteiger partial charge on any atom is -0.348 e. The fourth-order valence-electron chi connectivity index (χ4n) is 2.21. The molecular formula is C13H24N4O. The van der Waals surface area contributed by atoms with Crippen LogP contribution in [-0.2, 0) is 6.54 Å². The van der Waals surface area contributed by atoms with Gasteiger partial charge in [-0.3, -0.25) is 4.79 Å². The molecule has 0 atom stereocenters. The molecule has 0 fully saturated rings. The second-order valence-electron chi connectivity index (χ2n) is 4.29. The molecule has 5 heteroatoms. The van der Waals surface area contributed by atoms with Gasteiger partial charge in [-0.2, -0.15) is 0 Å². The first-order valence-electron chi connectivity index (χ1n) is 6.71. The quantitative estimate of drug-likeness (QED) is 0.792. The van der Waals surface area contributed by atoms with E-state index in [0.29, 0.717) is 31.5 Å². The van der Waals surface area contributed by atoms with E-state index in [2.05, 4.69) is 23.7 Å². The van der Waals surface area contributed by atoms with Crippen molar-refractivity contribution in [2.24, 2.45) is 5.73 Å². The van der Waals surface area contributed by atoms with E-state index in [9.17, 15) is 4.79 Å². The molecule has 1 aromatic rings. The van der Waals surface area contributed by atoms with Gasteiger partial charge in [0.25, 0.3) is 5.56 Å². The molecule has 0 aliphatic rings. The largest absolute Gasteiger partial charge is 0.348 e. The summed E-state index contributed by atoms with van der Waals surface area (Å²) in [5.41, 5.74) is 5.63. The van der Waals surface area contributed by atoms with Crippen molar-refractivity contribution < 1.29 is 0 Å². The van der Waals surface area contributed by atoms with Crippen molar-refractivity contribution in [3.8, 4) is 0 Å². The van der Waals surface area contributed by atoms with Crippen molar-refractivity contribution in [3.05, 3.63) is 22.7 Å². The maximum Gasteiger partial charge on any atom is 0.293 e. The third kappa shape index (κ3) is 3.10. The first-order chi connectivity index (χ1) is 8.69. The van der Waals surface area contributed by atoms with Crippen LogP contribution < -0.4 is 16.2 Å². The lowest BCUT2D eigenvalue weighted by molar-refractivity contribution is 0.547. The van der Waals surface area contributed by atoms with Gasteiger partial charge in [-0.25, -0.2) is 4.98 Å². The van der Waals surface area contributed by atoms with Crippen molar-refractivity contribution >= 4 is 5.82 Å².